The van der Waals surface area contributed by atoms with E-state index in [9.17, 15) is 0 Å². The number of nitrogens with one attached hydrogen (secondary N) is 1. The van der Waals surface area contributed by atoms with E-state index in [4.69, 9.17) is 0 Å². The van der Waals surface area contributed by atoms with Crippen LogP contribution in [0.2, 0.25) is 0 Å². The molecule has 1 saturated heterocycles. The first-order valence-corrected chi connectivity index (χ1v) is 7.37. The van der Waals surface area contributed by atoms with Crippen molar-refractivity contribution in [1.82, 2.24) is 19.9 Å². The van der Waals surface area contributed by atoms with Gasteiger partial charge in [-0.2, -0.15) is 0 Å². The van der Waals surface area contributed by atoms with Gasteiger partial charge in [0.2, 0.25) is 0 Å². The lowest BCUT2D eigenvalue weighted by atomic mass is 9.93. The van der Waals surface area contributed by atoms with E-state index in [1.807, 2.05) is 5.38 Å². The average molecular weight is 275 g/mol. The van der Waals surface area contributed by atoms with E-state index in [1.165, 1.54) is 0 Å². The molecule has 0 aromatic carbocycles. The van der Waals surface area contributed by atoms with Gasteiger partial charge in [0.15, 0.2) is 10.9 Å². The summed E-state index contributed by atoms with van der Waals surface area (Å²) in [6.45, 7) is 2.25. The van der Waals surface area contributed by atoms with Crippen molar-refractivity contribution in [2.24, 2.45) is 0 Å². The Balaban J connectivity index is 1.81. The molecule has 1 fully saturated rings. The van der Waals surface area contributed by atoms with Crippen molar-refractivity contribution < 1.29 is 0 Å². The quantitative estimate of drug-likeness (QED) is 0.932. The van der Waals surface area contributed by atoms with Crippen LogP contribution in [0.1, 0.15) is 24.5 Å². The fraction of sp³-hybridized carbons (Fsp3) is 0.462. The molecule has 0 aliphatic carbocycles. The Hall–Kier alpha value is -1.53. The number of aromatic nitrogens is 3. The van der Waals surface area contributed by atoms with Gasteiger partial charge >= 0.3 is 0 Å². The zero-order chi connectivity index (χ0) is 13.1. The zero-order valence-corrected chi connectivity index (χ0v) is 11.7. The lowest BCUT2D eigenvalue weighted by Crippen LogP contribution is -2.29. The minimum atomic E-state index is 0.493. The summed E-state index contributed by atoms with van der Waals surface area (Å²) in [7, 11) is 2.17. The number of hydrogen-bond donors (Lipinski definition) is 1. The summed E-state index contributed by atoms with van der Waals surface area (Å²) in [5, 5.41) is 6.10. The summed E-state index contributed by atoms with van der Waals surface area (Å²) < 4.78 is 0. The number of nitrogens with zero attached hydrogens (tertiary/aromatic N) is 4. The van der Waals surface area contributed by atoms with Crippen LogP contribution in [0.5, 0.6) is 0 Å². The molecule has 2 aromatic heterocycles. The van der Waals surface area contributed by atoms with E-state index in [1.54, 1.807) is 29.9 Å². The van der Waals surface area contributed by atoms with Crippen LogP contribution in [0, 0.1) is 0 Å². The molecule has 100 valence electrons. The van der Waals surface area contributed by atoms with Crippen molar-refractivity contribution in [3.8, 4) is 0 Å². The predicted molar refractivity (Wildman–Crippen MR) is 76.9 cm³/mol. The van der Waals surface area contributed by atoms with E-state index < -0.39 is 0 Å². The predicted octanol–water partition coefficient (Wildman–Crippen LogP) is 2.49. The summed E-state index contributed by atoms with van der Waals surface area (Å²) in [4.78, 5) is 15.6. The number of hydrogen-bond acceptors (Lipinski definition) is 6. The van der Waals surface area contributed by atoms with E-state index >= 15 is 0 Å². The molecule has 0 saturated carbocycles. The molecule has 0 radical (unpaired) electrons. The Kier molecular flexibility index (Phi) is 3.70. The highest BCUT2D eigenvalue weighted by Gasteiger charge is 2.22. The monoisotopic (exact) mass is 275 g/mol. The number of thiazole rings is 1. The van der Waals surface area contributed by atoms with Crippen molar-refractivity contribution >= 4 is 22.3 Å². The summed E-state index contributed by atoms with van der Waals surface area (Å²) >= 11 is 1.58. The third kappa shape index (κ3) is 2.90. The minimum absolute atomic E-state index is 0.493. The van der Waals surface area contributed by atoms with Gasteiger partial charge in [-0.15, -0.1) is 11.3 Å². The lowest BCUT2D eigenvalue weighted by Gasteiger charge is -2.29. The topological polar surface area (TPSA) is 53.9 Å². The van der Waals surface area contributed by atoms with Gasteiger partial charge in [-0.1, -0.05) is 0 Å². The molecule has 3 heterocycles. The van der Waals surface area contributed by atoms with Crippen molar-refractivity contribution in [1.29, 1.82) is 0 Å². The van der Waals surface area contributed by atoms with Crippen LogP contribution < -0.4 is 5.32 Å². The number of likely N-dealkylation sites (tertiary alicyclic amines) is 1. The summed E-state index contributed by atoms with van der Waals surface area (Å²) in [5.74, 6) is 1.35. The van der Waals surface area contributed by atoms with Crippen LogP contribution in [0.15, 0.2) is 24.0 Å². The Morgan fingerprint density at radius 1 is 1.16 bits per heavy atom. The lowest BCUT2D eigenvalue weighted by molar-refractivity contribution is 0.253. The van der Waals surface area contributed by atoms with Crippen molar-refractivity contribution in [3.05, 3.63) is 29.7 Å². The van der Waals surface area contributed by atoms with E-state index in [-0.39, 0.29) is 0 Å². The first-order chi connectivity index (χ1) is 9.33. The van der Waals surface area contributed by atoms with Crippen LogP contribution in [-0.2, 0) is 0 Å². The summed E-state index contributed by atoms with van der Waals surface area (Å²) in [6, 6.07) is 0. The smallest absolute Gasteiger partial charge is 0.188 e. The normalized spacial score (nSPS) is 17.5. The van der Waals surface area contributed by atoms with Gasteiger partial charge in [0.1, 0.15) is 0 Å². The third-order valence-electron chi connectivity index (χ3n) is 3.49. The second kappa shape index (κ2) is 5.63. The van der Waals surface area contributed by atoms with Gasteiger partial charge in [0.05, 0.1) is 5.69 Å². The van der Waals surface area contributed by atoms with E-state index in [0.717, 1.165) is 42.6 Å². The molecule has 0 amide bonds. The van der Waals surface area contributed by atoms with Gasteiger partial charge in [-0.25, -0.2) is 9.97 Å². The molecule has 3 rings (SSSR count). The van der Waals surface area contributed by atoms with Crippen LogP contribution in [0.25, 0.3) is 0 Å². The molecule has 2 aromatic rings. The van der Waals surface area contributed by atoms with E-state index in [0.29, 0.717) is 5.92 Å². The second-order valence-corrected chi connectivity index (χ2v) is 5.72. The Morgan fingerprint density at radius 3 is 2.68 bits per heavy atom. The summed E-state index contributed by atoms with van der Waals surface area (Å²) in [5.41, 5.74) is 1.07. The van der Waals surface area contributed by atoms with Crippen LogP contribution in [-0.4, -0.2) is 40.0 Å². The Bertz CT molecular complexity index is 520. The second-order valence-electron chi connectivity index (χ2n) is 4.83. The minimum Gasteiger partial charge on any atom is -0.315 e. The Morgan fingerprint density at radius 2 is 1.95 bits per heavy atom. The van der Waals surface area contributed by atoms with Gasteiger partial charge in [0, 0.05) is 29.9 Å². The highest BCUT2D eigenvalue weighted by atomic mass is 32.1. The molecular weight excluding hydrogens is 258 g/mol. The zero-order valence-electron chi connectivity index (χ0n) is 10.9. The molecule has 0 bridgehead atoms. The third-order valence-corrected chi connectivity index (χ3v) is 4.18. The molecule has 6 heteroatoms. The van der Waals surface area contributed by atoms with E-state index in [2.05, 4.69) is 32.2 Å². The van der Waals surface area contributed by atoms with Crippen molar-refractivity contribution in [3.63, 3.8) is 0 Å². The highest BCUT2D eigenvalue weighted by molar-refractivity contribution is 7.13. The fourth-order valence-electron chi connectivity index (χ4n) is 2.41. The first kappa shape index (κ1) is 12.5. The molecule has 0 atom stereocenters. The number of piperidine rings is 1. The van der Waals surface area contributed by atoms with Gasteiger partial charge in [-0.05, 0) is 33.0 Å². The van der Waals surface area contributed by atoms with Crippen LogP contribution in [0.4, 0.5) is 10.9 Å². The molecule has 5 nitrogen and oxygen atoms in total. The standard InChI is InChI=1S/C13H17N5S/c1-18-7-2-10(3-8-18)11-12(15-5-4-14-11)17-13-16-6-9-19-13/h4-6,9-10H,2-3,7-8H2,1H3,(H,15,16,17). The maximum Gasteiger partial charge on any atom is 0.188 e. The Labute approximate surface area is 116 Å². The average Bonchev–Trinajstić information content (AvgIpc) is 2.93. The molecule has 0 spiro atoms. The first-order valence-electron chi connectivity index (χ1n) is 6.49. The molecular formula is C13H17N5S. The molecule has 1 aliphatic heterocycles. The van der Waals surface area contributed by atoms with Gasteiger partial charge in [0.25, 0.3) is 0 Å². The maximum atomic E-state index is 4.54. The van der Waals surface area contributed by atoms with Crippen molar-refractivity contribution in [2.45, 2.75) is 18.8 Å². The number of anilines is 2. The van der Waals surface area contributed by atoms with Gasteiger partial charge in [-0.3, -0.25) is 4.98 Å². The fourth-order valence-corrected chi connectivity index (χ4v) is 2.94. The van der Waals surface area contributed by atoms with Gasteiger partial charge < -0.3 is 10.2 Å². The SMILES string of the molecule is CN1CCC(c2nccnc2Nc2nccs2)CC1. The highest BCUT2D eigenvalue weighted by Crippen LogP contribution is 2.31. The largest absolute Gasteiger partial charge is 0.315 e. The molecule has 0 unspecified atom stereocenters. The molecule has 1 N–H and O–H groups in total. The van der Waals surface area contributed by atoms with Crippen molar-refractivity contribution in [2.75, 3.05) is 25.5 Å². The van der Waals surface area contributed by atoms with Crippen LogP contribution in [0.3, 0.4) is 0 Å². The maximum absolute atomic E-state index is 4.54. The molecule has 1 aliphatic rings. The number of rotatable bonds is 3. The van der Waals surface area contributed by atoms with Crippen LogP contribution >= 0.6 is 11.3 Å². The summed E-state index contributed by atoms with van der Waals surface area (Å²) in [6.07, 6.45) is 7.58. The molecule has 19 heavy (non-hydrogen) atoms.